The third kappa shape index (κ3) is 3.48. The van der Waals surface area contributed by atoms with Crippen LogP contribution in [0.5, 0.6) is 0 Å². The highest BCUT2D eigenvalue weighted by molar-refractivity contribution is 5.22. The van der Waals surface area contributed by atoms with Crippen molar-refractivity contribution in [2.75, 3.05) is 6.54 Å². The Morgan fingerprint density at radius 2 is 2.00 bits per heavy atom. The van der Waals surface area contributed by atoms with Gasteiger partial charge in [0.15, 0.2) is 0 Å². The zero-order valence-corrected chi connectivity index (χ0v) is 12.9. The van der Waals surface area contributed by atoms with Crippen LogP contribution in [-0.2, 0) is 26.9 Å². The summed E-state index contributed by atoms with van der Waals surface area (Å²) in [7, 11) is 3.95. The fourth-order valence-electron chi connectivity index (χ4n) is 2.64. The van der Waals surface area contributed by atoms with Crippen molar-refractivity contribution in [2.45, 2.75) is 39.2 Å². The number of aromatic nitrogens is 4. The van der Waals surface area contributed by atoms with Gasteiger partial charge in [-0.15, -0.1) is 0 Å². The lowest BCUT2D eigenvalue weighted by Crippen LogP contribution is -2.22. The highest BCUT2D eigenvalue weighted by Crippen LogP contribution is 2.22. The summed E-state index contributed by atoms with van der Waals surface area (Å²) in [5.74, 6) is 0. The Morgan fingerprint density at radius 1 is 1.20 bits per heavy atom. The van der Waals surface area contributed by atoms with Gasteiger partial charge in [-0.1, -0.05) is 13.8 Å². The fourth-order valence-corrected chi connectivity index (χ4v) is 2.64. The third-order valence-corrected chi connectivity index (χ3v) is 3.58. The molecule has 0 fully saturated rings. The van der Waals surface area contributed by atoms with Gasteiger partial charge in [0.1, 0.15) is 0 Å². The van der Waals surface area contributed by atoms with Gasteiger partial charge >= 0.3 is 0 Å². The van der Waals surface area contributed by atoms with E-state index in [0.29, 0.717) is 6.04 Å². The Kier molecular flexibility index (Phi) is 4.95. The first-order chi connectivity index (χ1) is 9.63. The molecule has 2 aromatic rings. The van der Waals surface area contributed by atoms with Gasteiger partial charge in [-0.25, -0.2) is 0 Å². The Balaban J connectivity index is 2.09. The van der Waals surface area contributed by atoms with E-state index < -0.39 is 0 Å². The van der Waals surface area contributed by atoms with Gasteiger partial charge < -0.3 is 5.32 Å². The molecule has 2 aromatic heterocycles. The van der Waals surface area contributed by atoms with Gasteiger partial charge in [-0.2, -0.15) is 10.2 Å². The molecule has 20 heavy (non-hydrogen) atoms. The van der Waals surface area contributed by atoms with E-state index in [2.05, 4.69) is 41.8 Å². The summed E-state index contributed by atoms with van der Waals surface area (Å²) in [6.45, 7) is 5.28. The summed E-state index contributed by atoms with van der Waals surface area (Å²) in [4.78, 5) is 0. The molecule has 2 heterocycles. The molecule has 0 bridgehead atoms. The van der Waals surface area contributed by atoms with Crippen molar-refractivity contribution in [2.24, 2.45) is 14.1 Å². The van der Waals surface area contributed by atoms with Crippen LogP contribution in [0.1, 0.15) is 43.1 Å². The molecule has 0 aliphatic heterocycles. The predicted octanol–water partition coefficient (Wildman–Crippen LogP) is 2.00. The maximum Gasteiger partial charge on any atom is 0.0669 e. The normalized spacial score (nSPS) is 12.8. The first kappa shape index (κ1) is 14.8. The zero-order valence-electron chi connectivity index (χ0n) is 12.9. The molecule has 2 rings (SSSR count). The van der Waals surface area contributed by atoms with E-state index >= 15 is 0 Å². The molecule has 0 radical (unpaired) electrons. The lowest BCUT2D eigenvalue weighted by atomic mass is 9.99. The van der Waals surface area contributed by atoms with Crippen LogP contribution in [0.4, 0.5) is 0 Å². The second-order valence-corrected chi connectivity index (χ2v) is 5.23. The second kappa shape index (κ2) is 6.70. The maximum absolute atomic E-state index is 4.55. The number of aryl methyl sites for hydroxylation is 4. The molecular weight excluding hydrogens is 250 g/mol. The van der Waals surface area contributed by atoms with E-state index in [4.69, 9.17) is 0 Å². The quantitative estimate of drug-likeness (QED) is 0.841. The molecule has 0 saturated carbocycles. The Bertz CT molecular complexity index is 540. The van der Waals surface area contributed by atoms with Crippen LogP contribution in [0.15, 0.2) is 18.6 Å². The van der Waals surface area contributed by atoms with Crippen molar-refractivity contribution in [3.8, 4) is 0 Å². The predicted molar refractivity (Wildman–Crippen MR) is 80.5 cm³/mol. The summed E-state index contributed by atoms with van der Waals surface area (Å²) in [6, 6.07) is 0.365. The zero-order chi connectivity index (χ0) is 14.5. The van der Waals surface area contributed by atoms with Crippen molar-refractivity contribution >= 4 is 0 Å². The van der Waals surface area contributed by atoms with Gasteiger partial charge in [-0.05, 0) is 31.4 Å². The Hall–Kier alpha value is -1.62. The van der Waals surface area contributed by atoms with Crippen LogP contribution < -0.4 is 5.32 Å². The van der Waals surface area contributed by atoms with Crippen molar-refractivity contribution in [1.82, 2.24) is 24.9 Å². The van der Waals surface area contributed by atoms with E-state index in [1.807, 2.05) is 29.7 Å². The largest absolute Gasteiger partial charge is 0.310 e. The highest BCUT2D eigenvalue weighted by Gasteiger charge is 2.17. The molecule has 0 aliphatic carbocycles. The molecule has 0 saturated heterocycles. The molecule has 0 aromatic carbocycles. The standard InChI is InChI=1S/C15H25N5/c1-5-14-13(11-20(4)18-14)15(16-6-2)8-7-12-9-17-19(3)10-12/h9-11,15-16H,5-8H2,1-4H3. The van der Waals surface area contributed by atoms with E-state index in [1.54, 1.807) is 0 Å². The molecule has 0 aliphatic rings. The fraction of sp³-hybridized carbons (Fsp3) is 0.600. The minimum absolute atomic E-state index is 0.365. The van der Waals surface area contributed by atoms with Gasteiger partial charge in [0.25, 0.3) is 0 Å². The summed E-state index contributed by atoms with van der Waals surface area (Å²) in [5, 5.41) is 12.4. The average Bonchev–Trinajstić information content (AvgIpc) is 3.00. The molecule has 5 heteroatoms. The van der Waals surface area contributed by atoms with E-state index in [-0.39, 0.29) is 0 Å². The van der Waals surface area contributed by atoms with Gasteiger partial charge in [0, 0.05) is 38.1 Å². The smallest absolute Gasteiger partial charge is 0.0669 e. The number of nitrogens with one attached hydrogen (secondary N) is 1. The molecule has 0 spiro atoms. The first-order valence-corrected chi connectivity index (χ1v) is 7.37. The van der Waals surface area contributed by atoms with Gasteiger partial charge in [-0.3, -0.25) is 9.36 Å². The minimum atomic E-state index is 0.365. The molecule has 1 unspecified atom stereocenters. The molecule has 1 atom stereocenters. The highest BCUT2D eigenvalue weighted by atomic mass is 15.3. The SMILES string of the molecule is CCNC(CCc1cnn(C)c1)c1cn(C)nc1CC. The third-order valence-electron chi connectivity index (χ3n) is 3.58. The number of hydrogen-bond acceptors (Lipinski definition) is 3. The average molecular weight is 275 g/mol. The van der Waals surface area contributed by atoms with Crippen molar-refractivity contribution in [3.63, 3.8) is 0 Å². The van der Waals surface area contributed by atoms with Gasteiger partial charge in [0.05, 0.1) is 11.9 Å². The first-order valence-electron chi connectivity index (χ1n) is 7.37. The monoisotopic (exact) mass is 275 g/mol. The molecular formula is C15H25N5. The van der Waals surface area contributed by atoms with Gasteiger partial charge in [0.2, 0.25) is 0 Å². The number of hydrogen-bond donors (Lipinski definition) is 1. The topological polar surface area (TPSA) is 47.7 Å². The van der Waals surface area contributed by atoms with E-state index in [9.17, 15) is 0 Å². The van der Waals surface area contributed by atoms with Crippen LogP contribution >= 0.6 is 0 Å². The maximum atomic E-state index is 4.55. The second-order valence-electron chi connectivity index (χ2n) is 5.23. The Morgan fingerprint density at radius 3 is 2.60 bits per heavy atom. The molecule has 1 N–H and O–H groups in total. The summed E-state index contributed by atoms with van der Waals surface area (Å²) >= 11 is 0. The summed E-state index contributed by atoms with van der Waals surface area (Å²) in [5.41, 5.74) is 3.82. The van der Waals surface area contributed by atoms with Crippen molar-refractivity contribution in [3.05, 3.63) is 35.4 Å². The Labute approximate surface area is 121 Å². The van der Waals surface area contributed by atoms with E-state index in [0.717, 1.165) is 25.8 Å². The molecule has 110 valence electrons. The van der Waals surface area contributed by atoms with Crippen molar-refractivity contribution in [1.29, 1.82) is 0 Å². The number of rotatable bonds is 7. The molecule has 5 nitrogen and oxygen atoms in total. The van der Waals surface area contributed by atoms with Crippen LogP contribution in [0.3, 0.4) is 0 Å². The minimum Gasteiger partial charge on any atom is -0.310 e. The lowest BCUT2D eigenvalue weighted by Gasteiger charge is -2.17. The summed E-state index contributed by atoms with van der Waals surface area (Å²) < 4.78 is 3.78. The van der Waals surface area contributed by atoms with Crippen LogP contribution in [0.25, 0.3) is 0 Å². The number of nitrogens with zero attached hydrogens (tertiary/aromatic N) is 4. The van der Waals surface area contributed by atoms with Crippen LogP contribution in [0, 0.1) is 0 Å². The van der Waals surface area contributed by atoms with Crippen LogP contribution in [0.2, 0.25) is 0 Å². The lowest BCUT2D eigenvalue weighted by molar-refractivity contribution is 0.512. The van der Waals surface area contributed by atoms with Crippen molar-refractivity contribution < 1.29 is 0 Å². The van der Waals surface area contributed by atoms with E-state index in [1.165, 1.54) is 16.8 Å². The van der Waals surface area contributed by atoms with Crippen LogP contribution in [-0.4, -0.2) is 26.1 Å². The molecule has 0 amide bonds. The summed E-state index contributed by atoms with van der Waals surface area (Å²) in [6.07, 6.45) is 9.27.